The molecule has 0 aliphatic carbocycles. The molecule has 1 unspecified atom stereocenters. The second-order valence-corrected chi connectivity index (χ2v) is 11.4. The molecule has 0 saturated heterocycles. The summed E-state index contributed by atoms with van der Waals surface area (Å²) in [4.78, 5) is 13.0. The lowest BCUT2D eigenvalue weighted by molar-refractivity contribution is 0.104. The van der Waals surface area contributed by atoms with Crippen LogP contribution in [0.15, 0.2) is 35.7 Å². The molecule has 1 atom stereocenters. The topological polar surface area (TPSA) is 71.0 Å². The van der Waals surface area contributed by atoms with Crippen LogP contribution in [-0.4, -0.2) is 35.5 Å². The summed E-state index contributed by atoms with van der Waals surface area (Å²) in [7, 11) is -0.686. The molecule has 0 aliphatic heterocycles. The van der Waals surface area contributed by atoms with Crippen molar-refractivity contribution in [2.75, 3.05) is 6.26 Å². The zero-order valence-electron chi connectivity index (χ0n) is 15.2. The summed E-state index contributed by atoms with van der Waals surface area (Å²) in [6, 6.07) is 5.87. The Bertz CT molecular complexity index is 685. The lowest BCUT2D eigenvalue weighted by Gasteiger charge is -2.29. The van der Waals surface area contributed by atoms with Gasteiger partial charge in [0, 0.05) is 29.1 Å². The number of aromatic nitrogens is 3. The standard InChI is InChI=1S/C17H25N3O2SSi/c1-16(2,3)24-22-17(4,5)14-9-7-8-13(20-14)12-10-18-15(19-11-12)23(6)21/h7-11H,24H2,1-6H3. The van der Waals surface area contributed by atoms with E-state index in [1.807, 2.05) is 18.2 Å². The quantitative estimate of drug-likeness (QED) is 0.464. The SMILES string of the molecule is C[S+]([O-])c1ncc(-c2cccc(C(C)(C)O[SiH2]C(C)(C)C)n2)cn1. The minimum Gasteiger partial charge on any atom is -0.609 e. The molecular formula is C17H25N3O2SSi. The molecule has 0 aromatic carbocycles. The molecule has 24 heavy (non-hydrogen) atoms. The van der Waals surface area contributed by atoms with Crippen molar-refractivity contribution in [3.8, 4) is 11.3 Å². The molecule has 0 amide bonds. The number of hydrogen-bond donors (Lipinski definition) is 0. The van der Waals surface area contributed by atoms with Gasteiger partial charge in [-0.25, -0.2) is 4.98 Å². The summed E-state index contributed by atoms with van der Waals surface area (Å²) in [5, 5.41) is 0.559. The highest BCUT2D eigenvalue weighted by Crippen LogP contribution is 2.29. The van der Waals surface area contributed by atoms with Crippen LogP contribution < -0.4 is 0 Å². The van der Waals surface area contributed by atoms with Gasteiger partial charge in [0.25, 0.3) is 0 Å². The van der Waals surface area contributed by atoms with Gasteiger partial charge in [0.2, 0.25) is 0 Å². The van der Waals surface area contributed by atoms with Crippen LogP contribution in [0.1, 0.15) is 40.3 Å². The Balaban J connectivity index is 2.24. The Hall–Kier alpha value is -1.28. The van der Waals surface area contributed by atoms with Crippen molar-refractivity contribution in [1.82, 2.24) is 15.0 Å². The third kappa shape index (κ3) is 5.11. The smallest absolute Gasteiger partial charge is 0.342 e. The van der Waals surface area contributed by atoms with Crippen LogP contribution >= 0.6 is 0 Å². The van der Waals surface area contributed by atoms with E-state index in [0.717, 1.165) is 17.0 Å². The van der Waals surface area contributed by atoms with Crippen molar-refractivity contribution < 1.29 is 8.98 Å². The van der Waals surface area contributed by atoms with Crippen molar-refractivity contribution in [3.05, 3.63) is 36.3 Å². The summed E-state index contributed by atoms with van der Waals surface area (Å²) >= 11 is -1.18. The highest BCUT2D eigenvalue weighted by molar-refractivity contribution is 7.90. The van der Waals surface area contributed by atoms with E-state index in [-0.39, 0.29) is 5.04 Å². The molecule has 0 fully saturated rings. The van der Waals surface area contributed by atoms with Gasteiger partial charge < -0.3 is 8.98 Å². The normalized spacial score (nSPS) is 14.3. The van der Waals surface area contributed by atoms with Gasteiger partial charge >= 0.3 is 5.16 Å². The third-order valence-electron chi connectivity index (χ3n) is 3.41. The maximum absolute atomic E-state index is 11.4. The fourth-order valence-corrected chi connectivity index (χ4v) is 3.34. The zero-order chi connectivity index (χ0) is 18.0. The Morgan fingerprint density at radius 1 is 1.08 bits per heavy atom. The number of pyridine rings is 1. The molecule has 2 aromatic rings. The second kappa shape index (κ2) is 7.31. The molecule has 130 valence electrons. The number of rotatable bonds is 5. The predicted octanol–water partition coefficient (Wildman–Crippen LogP) is 2.83. The molecule has 2 rings (SSSR count). The van der Waals surface area contributed by atoms with Gasteiger partial charge in [0.15, 0.2) is 9.76 Å². The third-order valence-corrected chi connectivity index (χ3v) is 5.87. The van der Waals surface area contributed by atoms with Crippen molar-refractivity contribution >= 4 is 20.9 Å². The molecule has 2 aromatic heterocycles. The molecule has 0 N–H and O–H groups in total. The Labute approximate surface area is 149 Å². The van der Waals surface area contributed by atoms with E-state index in [1.54, 1.807) is 18.6 Å². The molecule has 0 aliphatic rings. The van der Waals surface area contributed by atoms with Crippen LogP contribution in [0.4, 0.5) is 0 Å². The van der Waals surface area contributed by atoms with E-state index in [0.29, 0.717) is 5.16 Å². The molecule has 0 bridgehead atoms. The van der Waals surface area contributed by atoms with Crippen LogP contribution in [0, 0.1) is 0 Å². The summed E-state index contributed by atoms with van der Waals surface area (Å²) < 4.78 is 17.6. The van der Waals surface area contributed by atoms with Crippen molar-refractivity contribution in [3.63, 3.8) is 0 Å². The van der Waals surface area contributed by atoms with Gasteiger partial charge in [-0.3, -0.25) is 0 Å². The molecule has 0 radical (unpaired) electrons. The molecule has 2 heterocycles. The average Bonchev–Trinajstić information content (AvgIpc) is 2.53. The Morgan fingerprint density at radius 3 is 2.25 bits per heavy atom. The molecular weight excluding hydrogens is 338 g/mol. The van der Waals surface area contributed by atoms with E-state index in [4.69, 9.17) is 9.41 Å². The molecule has 5 nitrogen and oxygen atoms in total. The maximum Gasteiger partial charge on any atom is 0.342 e. The summed E-state index contributed by atoms with van der Waals surface area (Å²) in [5.74, 6) is 0. The van der Waals surface area contributed by atoms with Gasteiger partial charge in [-0.1, -0.05) is 26.8 Å². The van der Waals surface area contributed by atoms with E-state index in [9.17, 15) is 4.55 Å². The highest BCUT2D eigenvalue weighted by Gasteiger charge is 2.26. The molecule has 0 spiro atoms. The first kappa shape index (κ1) is 19.0. The van der Waals surface area contributed by atoms with Gasteiger partial charge in [-0.05, 0) is 31.0 Å². The fourth-order valence-electron chi connectivity index (χ4n) is 2.00. The molecule has 0 saturated carbocycles. The minimum absolute atomic E-state index is 0.231. The van der Waals surface area contributed by atoms with Crippen molar-refractivity contribution in [2.24, 2.45) is 0 Å². The predicted molar refractivity (Wildman–Crippen MR) is 100.0 cm³/mol. The summed E-state index contributed by atoms with van der Waals surface area (Å²) in [6.07, 6.45) is 4.88. The van der Waals surface area contributed by atoms with Gasteiger partial charge in [0.05, 0.1) is 17.0 Å². The van der Waals surface area contributed by atoms with Crippen LogP contribution in [0.2, 0.25) is 5.04 Å². The zero-order valence-corrected chi connectivity index (χ0v) is 17.4. The first-order chi connectivity index (χ1) is 11.1. The lowest BCUT2D eigenvalue weighted by atomic mass is 10.0. The van der Waals surface area contributed by atoms with Crippen LogP contribution in [-0.2, 0) is 21.2 Å². The van der Waals surface area contributed by atoms with Crippen LogP contribution in [0.5, 0.6) is 0 Å². The summed E-state index contributed by atoms with van der Waals surface area (Å²) in [5.41, 5.74) is 2.05. The Kier molecular flexibility index (Phi) is 5.80. The van der Waals surface area contributed by atoms with Crippen molar-refractivity contribution in [2.45, 2.75) is 50.4 Å². The first-order valence-corrected chi connectivity index (χ1v) is 10.7. The van der Waals surface area contributed by atoms with E-state index >= 15 is 0 Å². The number of nitrogens with zero attached hydrogens (tertiary/aromatic N) is 3. The van der Waals surface area contributed by atoms with Gasteiger partial charge in [-0.15, -0.1) is 0 Å². The van der Waals surface area contributed by atoms with Crippen molar-refractivity contribution in [1.29, 1.82) is 0 Å². The van der Waals surface area contributed by atoms with E-state index < -0.39 is 26.5 Å². The molecule has 7 heteroatoms. The Morgan fingerprint density at radius 2 is 1.71 bits per heavy atom. The van der Waals surface area contributed by atoms with E-state index in [2.05, 4.69) is 44.6 Å². The monoisotopic (exact) mass is 363 g/mol. The number of hydrogen-bond acceptors (Lipinski definition) is 5. The van der Waals surface area contributed by atoms with Gasteiger partial charge in [-0.2, -0.15) is 9.97 Å². The first-order valence-electron chi connectivity index (χ1n) is 7.86. The second-order valence-electron chi connectivity index (χ2n) is 7.48. The minimum atomic E-state index is -1.18. The average molecular weight is 364 g/mol. The highest BCUT2D eigenvalue weighted by atomic mass is 32.2. The van der Waals surface area contributed by atoms with Crippen LogP contribution in [0.3, 0.4) is 0 Å². The van der Waals surface area contributed by atoms with Gasteiger partial charge in [0.1, 0.15) is 6.26 Å². The largest absolute Gasteiger partial charge is 0.609 e. The van der Waals surface area contributed by atoms with Crippen LogP contribution in [0.25, 0.3) is 11.3 Å². The fraction of sp³-hybridized carbons (Fsp3) is 0.471. The maximum atomic E-state index is 11.4. The lowest BCUT2D eigenvalue weighted by Crippen LogP contribution is -2.28. The van der Waals surface area contributed by atoms with E-state index in [1.165, 1.54) is 0 Å². The summed E-state index contributed by atoms with van der Waals surface area (Å²) in [6.45, 7) is 10.7.